The molecule has 0 radical (unpaired) electrons. The molecule has 1 aromatic carbocycles. The molecule has 1 heterocycles. The molecule has 1 N–H and O–H groups in total. The zero-order valence-corrected chi connectivity index (χ0v) is 13.5. The van der Waals surface area contributed by atoms with Crippen LogP contribution in [0, 0.1) is 24.7 Å². The first-order chi connectivity index (χ1) is 11.1. The maximum absolute atomic E-state index is 13.0. The molecule has 1 amide bonds. The topological polar surface area (TPSA) is 57.6 Å². The van der Waals surface area contributed by atoms with Crippen LogP contribution in [0.5, 0.6) is 0 Å². The third-order valence-electron chi connectivity index (χ3n) is 4.45. The van der Waals surface area contributed by atoms with Gasteiger partial charge >= 0.3 is 12.1 Å². The van der Waals surface area contributed by atoms with Crippen molar-refractivity contribution in [2.75, 3.05) is 13.1 Å². The minimum Gasteiger partial charge on any atom is -0.481 e. The van der Waals surface area contributed by atoms with Crippen molar-refractivity contribution in [1.29, 1.82) is 0 Å². The highest BCUT2D eigenvalue weighted by Crippen LogP contribution is 2.38. The van der Waals surface area contributed by atoms with Crippen LogP contribution in [0.25, 0.3) is 0 Å². The summed E-state index contributed by atoms with van der Waals surface area (Å²) >= 11 is 0. The fourth-order valence-corrected chi connectivity index (χ4v) is 3.04. The van der Waals surface area contributed by atoms with Crippen molar-refractivity contribution in [1.82, 2.24) is 4.90 Å². The third-order valence-corrected chi connectivity index (χ3v) is 4.45. The molecule has 1 fully saturated rings. The second-order valence-corrected chi connectivity index (χ2v) is 6.43. The van der Waals surface area contributed by atoms with Crippen LogP contribution in [0.15, 0.2) is 24.3 Å². The third kappa shape index (κ3) is 4.07. The number of benzene rings is 1. The maximum Gasteiger partial charge on any atom is 0.394 e. The Balaban J connectivity index is 2.06. The fourth-order valence-electron chi connectivity index (χ4n) is 3.04. The average molecular weight is 343 g/mol. The molecule has 4 nitrogen and oxygen atoms in total. The largest absolute Gasteiger partial charge is 0.481 e. The van der Waals surface area contributed by atoms with E-state index in [1.165, 1.54) is 0 Å². The summed E-state index contributed by atoms with van der Waals surface area (Å²) < 4.78 is 39.0. The van der Waals surface area contributed by atoms with Gasteiger partial charge in [-0.15, -0.1) is 0 Å². The van der Waals surface area contributed by atoms with Gasteiger partial charge in [-0.05, 0) is 18.9 Å². The molecule has 3 atom stereocenters. The van der Waals surface area contributed by atoms with Crippen molar-refractivity contribution in [3.63, 3.8) is 0 Å². The van der Waals surface area contributed by atoms with Gasteiger partial charge in [0, 0.05) is 19.0 Å². The van der Waals surface area contributed by atoms with Crippen LogP contribution in [0.1, 0.15) is 18.1 Å². The SMILES string of the molecule is Cc1ccc(CC(C)C(=O)N2C[C@@H](C(F)(F)F)[C@H](C(=O)O)C2)cc1. The number of nitrogens with zero attached hydrogens (tertiary/aromatic N) is 1. The molecule has 0 spiro atoms. The van der Waals surface area contributed by atoms with Crippen molar-refractivity contribution >= 4 is 11.9 Å². The number of halogens is 3. The summed E-state index contributed by atoms with van der Waals surface area (Å²) in [6.45, 7) is 2.61. The highest BCUT2D eigenvalue weighted by atomic mass is 19.4. The van der Waals surface area contributed by atoms with Gasteiger partial charge in [-0.3, -0.25) is 9.59 Å². The van der Waals surface area contributed by atoms with Gasteiger partial charge in [-0.2, -0.15) is 13.2 Å². The van der Waals surface area contributed by atoms with Crippen molar-refractivity contribution < 1.29 is 27.9 Å². The molecule has 1 aliphatic rings. The maximum atomic E-state index is 13.0. The van der Waals surface area contributed by atoms with E-state index in [0.717, 1.165) is 16.0 Å². The van der Waals surface area contributed by atoms with E-state index in [1.54, 1.807) is 6.92 Å². The van der Waals surface area contributed by atoms with Gasteiger partial charge < -0.3 is 10.0 Å². The highest BCUT2D eigenvalue weighted by molar-refractivity contribution is 5.81. The molecule has 1 unspecified atom stereocenters. The molecule has 0 aromatic heterocycles. The molecule has 2 rings (SSSR count). The van der Waals surface area contributed by atoms with Crippen LogP contribution in [0.2, 0.25) is 0 Å². The summed E-state index contributed by atoms with van der Waals surface area (Å²) in [4.78, 5) is 24.5. The Kier molecular flexibility index (Phi) is 5.20. The molecule has 0 saturated carbocycles. The highest BCUT2D eigenvalue weighted by Gasteiger charge is 2.53. The minimum absolute atomic E-state index is 0.392. The van der Waals surface area contributed by atoms with Gasteiger partial charge in [0.05, 0.1) is 11.8 Å². The summed E-state index contributed by atoms with van der Waals surface area (Å²) in [6.07, 6.45) is -4.22. The number of carboxylic acid groups (broad SMARTS) is 1. The molecule has 7 heteroatoms. The van der Waals surface area contributed by atoms with Crippen molar-refractivity contribution in [2.24, 2.45) is 17.8 Å². The summed E-state index contributed by atoms with van der Waals surface area (Å²) in [5.74, 6) is -6.06. The zero-order valence-electron chi connectivity index (χ0n) is 13.5. The normalized spacial score (nSPS) is 22.5. The predicted molar refractivity (Wildman–Crippen MR) is 81.3 cm³/mol. The summed E-state index contributed by atoms with van der Waals surface area (Å²) in [7, 11) is 0. The van der Waals surface area contributed by atoms with Gasteiger partial charge in [0.25, 0.3) is 0 Å². The van der Waals surface area contributed by atoms with Crippen LogP contribution in [-0.4, -0.2) is 41.1 Å². The number of rotatable bonds is 4. The Morgan fingerprint density at radius 1 is 1.25 bits per heavy atom. The Hall–Kier alpha value is -2.05. The number of alkyl halides is 3. The first kappa shape index (κ1) is 18.3. The average Bonchev–Trinajstić information content (AvgIpc) is 2.94. The smallest absolute Gasteiger partial charge is 0.394 e. The molecule has 1 saturated heterocycles. The number of aryl methyl sites for hydroxylation is 1. The summed E-state index contributed by atoms with van der Waals surface area (Å²) in [6, 6.07) is 7.56. The fraction of sp³-hybridized carbons (Fsp3) is 0.529. The Morgan fingerprint density at radius 2 is 1.83 bits per heavy atom. The predicted octanol–water partition coefficient (Wildman–Crippen LogP) is 2.90. The molecule has 132 valence electrons. The minimum atomic E-state index is -4.63. The monoisotopic (exact) mass is 343 g/mol. The van der Waals surface area contributed by atoms with Gasteiger partial charge in [-0.25, -0.2) is 0 Å². The van der Waals surface area contributed by atoms with Crippen LogP contribution >= 0.6 is 0 Å². The molecule has 24 heavy (non-hydrogen) atoms. The molecular weight excluding hydrogens is 323 g/mol. The van der Waals surface area contributed by atoms with Crippen LogP contribution in [0.3, 0.4) is 0 Å². The van der Waals surface area contributed by atoms with E-state index in [2.05, 4.69) is 0 Å². The standard InChI is InChI=1S/C17H20F3NO3/c1-10-3-5-12(6-4-10)7-11(2)15(22)21-8-13(16(23)24)14(9-21)17(18,19)20/h3-6,11,13-14H,7-9H2,1-2H3,(H,23,24)/t11?,13-,14-/m1/s1. The van der Waals surface area contributed by atoms with Gasteiger partial charge in [-0.1, -0.05) is 36.8 Å². The molecular formula is C17H20F3NO3. The Labute approximate surface area is 138 Å². The lowest BCUT2D eigenvalue weighted by atomic mass is 9.96. The first-order valence-electron chi connectivity index (χ1n) is 7.73. The number of hydrogen-bond acceptors (Lipinski definition) is 2. The number of likely N-dealkylation sites (tertiary alicyclic amines) is 1. The summed E-state index contributed by atoms with van der Waals surface area (Å²) in [5.41, 5.74) is 2.00. The lowest BCUT2D eigenvalue weighted by molar-refractivity contribution is -0.188. The van der Waals surface area contributed by atoms with E-state index in [9.17, 15) is 22.8 Å². The quantitative estimate of drug-likeness (QED) is 0.915. The number of aliphatic carboxylic acids is 1. The number of amides is 1. The number of carbonyl (C=O) groups excluding carboxylic acids is 1. The second kappa shape index (κ2) is 6.83. The Bertz CT molecular complexity index is 613. The van der Waals surface area contributed by atoms with Crippen LogP contribution in [0.4, 0.5) is 13.2 Å². The van der Waals surface area contributed by atoms with Gasteiger partial charge in [0.1, 0.15) is 0 Å². The van der Waals surface area contributed by atoms with Crippen molar-refractivity contribution in [2.45, 2.75) is 26.4 Å². The van der Waals surface area contributed by atoms with Gasteiger partial charge in [0.2, 0.25) is 5.91 Å². The Morgan fingerprint density at radius 3 is 2.29 bits per heavy atom. The van der Waals surface area contributed by atoms with Crippen molar-refractivity contribution in [3.05, 3.63) is 35.4 Å². The van der Waals surface area contributed by atoms with Crippen LogP contribution < -0.4 is 0 Å². The van der Waals surface area contributed by atoms with E-state index < -0.39 is 48.9 Å². The van der Waals surface area contributed by atoms with E-state index in [1.807, 2.05) is 31.2 Å². The van der Waals surface area contributed by atoms with E-state index in [-0.39, 0.29) is 0 Å². The van der Waals surface area contributed by atoms with E-state index in [4.69, 9.17) is 5.11 Å². The lowest BCUT2D eigenvalue weighted by Gasteiger charge is -2.21. The first-order valence-corrected chi connectivity index (χ1v) is 7.73. The number of carboxylic acids is 1. The van der Waals surface area contributed by atoms with E-state index >= 15 is 0 Å². The van der Waals surface area contributed by atoms with E-state index in [0.29, 0.717) is 6.42 Å². The molecule has 1 aliphatic heterocycles. The molecule has 0 aliphatic carbocycles. The van der Waals surface area contributed by atoms with Crippen LogP contribution in [-0.2, 0) is 16.0 Å². The van der Waals surface area contributed by atoms with Gasteiger partial charge in [0.15, 0.2) is 0 Å². The number of hydrogen-bond donors (Lipinski definition) is 1. The zero-order chi connectivity index (χ0) is 18.1. The molecule has 1 aromatic rings. The number of carbonyl (C=O) groups is 2. The lowest BCUT2D eigenvalue weighted by Crippen LogP contribution is -2.36. The van der Waals surface area contributed by atoms with Crippen molar-refractivity contribution in [3.8, 4) is 0 Å². The second-order valence-electron chi connectivity index (χ2n) is 6.43. The summed E-state index contributed by atoms with van der Waals surface area (Å²) in [5, 5.41) is 9.01. The molecule has 0 bridgehead atoms.